The molecule has 0 saturated carbocycles. The molecule has 0 radical (unpaired) electrons. The van der Waals surface area contributed by atoms with Crippen LogP contribution in [0, 0.1) is 0 Å². The summed E-state index contributed by atoms with van der Waals surface area (Å²) >= 11 is 0. The molecule has 1 atom stereocenters. The second-order valence-electron chi connectivity index (χ2n) is 6.98. The molecule has 0 aliphatic carbocycles. The Labute approximate surface area is 167 Å². The van der Waals surface area contributed by atoms with Gasteiger partial charge in [0, 0.05) is 24.8 Å². The highest BCUT2D eigenvalue weighted by molar-refractivity contribution is 5.94. The number of nitrogens with one attached hydrogen (secondary N) is 1. The first-order chi connectivity index (χ1) is 13.5. The van der Waals surface area contributed by atoms with Crippen LogP contribution in [0.15, 0.2) is 36.7 Å². The summed E-state index contributed by atoms with van der Waals surface area (Å²) < 4.78 is 12.6. The molecule has 28 heavy (non-hydrogen) atoms. The third kappa shape index (κ3) is 6.74. The van der Waals surface area contributed by atoms with E-state index in [1.165, 1.54) is 5.56 Å². The van der Waals surface area contributed by atoms with Crippen LogP contribution in [0.5, 0.6) is 0 Å². The topological polar surface area (TPSA) is 91.4 Å². The number of amides is 1. The third-order valence-electron chi connectivity index (χ3n) is 4.51. The first kappa shape index (κ1) is 22.1. The number of aromatic nitrogens is 2. The van der Waals surface area contributed by atoms with Gasteiger partial charge in [-0.25, -0.2) is 0 Å². The summed E-state index contributed by atoms with van der Waals surface area (Å²) in [6, 6.07) is 7.74. The molecule has 0 aliphatic rings. The maximum Gasteiger partial charge on any atom is 0.251 e. The van der Waals surface area contributed by atoms with Crippen molar-refractivity contribution in [3.63, 3.8) is 0 Å². The van der Waals surface area contributed by atoms with E-state index in [1.807, 2.05) is 35.1 Å². The lowest BCUT2D eigenvalue weighted by molar-refractivity contribution is 0.0511. The van der Waals surface area contributed by atoms with Gasteiger partial charge in [0.05, 0.1) is 38.7 Å². The van der Waals surface area contributed by atoms with Crippen LogP contribution in [0.3, 0.4) is 0 Å². The normalized spacial score (nSPS) is 12.3. The molecule has 2 aromatic rings. The number of ether oxygens (including phenoxy) is 2. The molecule has 2 rings (SSSR count). The Morgan fingerprint density at radius 3 is 2.36 bits per heavy atom. The number of benzene rings is 1. The fourth-order valence-corrected chi connectivity index (χ4v) is 2.67. The van der Waals surface area contributed by atoms with Crippen LogP contribution >= 0.6 is 0 Å². The van der Waals surface area contributed by atoms with E-state index in [-0.39, 0.29) is 11.9 Å². The van der Waals surface area contributed by atoms with Gasteiger partial charge in [0.25, 0.3) is 5.91 Å². The number of hydrogen-bond donors (Lipinski definition) is 2. The van der Waals surface area contributed by atoms with Gasteiger partial charge in [0.15, 0.2) is 0 Å². The van der Waals surface area contributed by atoms with Crippen molar-refractivity contribution in [2.24, 2.45) is 5.73 Å². The number of hydrogen-bond acceptors (Lipinski definition) is 5. The Hall–Kier alpha value is -2.22. The largest absolute Gasteiger partial charge is 0.378 e. The minimum Gasteiger partial charge on any atom is -0.378 e. The van der Waals surface area contributed by atoms with Crippen molar-refractivity contribution in [2.75, 3.05) is 39.5 Å². The first-order valence-corrected chi connectivity index (χ1v) is 9.80. The second kappa shape index (κ2) is 11.6. The van der Waals surface area contributed by atoms with Crippen molar-refractivity contribution in [1.29, 1.82) is 0 Å². The molecule has 3 N–H and O–H groups in total. The summed E-state index contributed by atoms with van der Waals surface area (Å²) in [5.74, 6) is 0.345. The number of carbonyl (C=O) groups excluding carboxylic acids is 1. The Balaban J connectivity index is 1.77. The summed E-state index contributed by atoms with van der Waals surface area (Å²) in [4.78, 5) is 12.2. The molecule has 154 valence electrons. The molecular formula is C21H32N4O3. The molecule has 0 fully saturated rings. The van der Waals surface area contributed by atoms with Gasteiger partial charge in [-0.15, -0.1) is 0 Å². The predicted molar refractivity (Wildman–Crippen MR) is 110 cm³/mol. The number of nitrogens with zero attached hydrogens (tertiary/aromatic N) is 2. The van der Waals surface area contributed by atoms with Crippen molar-refractivity contribution in [2.45, 2.75) is 32.7 Å². The highest BCUT2D eigenvalue weighted by Gasteiger charge is 2.12. The lowest BCUT2D eigenvalue weighted by atomic mass is 10.1. The molecule has 0 aliphatic heterocycles. The zero-order valence-electron chi connectivity index (χ0n) is 17.1. The highest BCUT2D eigenvalue weighted by atomic mass is 16.5. The Bertz CT molecular complexity index is 713. The monoisotopic (exact) mass is 388 g/mol. The average Bonchev–Trinajstić information content (AvgIpc) is 3.20. The van der Waals surface area contributed by atoms with Crippen molar-refractivity contribution in [1.82, 2.24) is 15.1 Å². The maximum atomic E-state index is 12.2. The number of rotatable bonds is 12. The van der Waals surface area contributed by atoms with Crippen molar-refractivity contribution < 1.29 is 14.3 Å². The van der Waals surface area contributed by atoms with Gasteiger partial charge in [-0.05, 0) is 36.1 Å². The van der Waals surface area contributed by atoms with E-state index < -0.39 is 0 Å². The van der Waals surface area contributed by atoms with E-state index in [0.717, 1.165) is 5.56 Å². The summed E-state index contributed by atoms with van der Waals surface area (Å²) in [6.45, 7) is 9.36. The maximum absolute atomic E-state index is 12.2. The fraction of sp³-hybridized carbons (Fsp3) is 0.524. The summed E-state index contributed by atoms with van der Waals surface area (Å²) in [7, 11) is 0. The van der Waals surface area contributed by atoms with Gasteiger partial charge in [-0.1, -0.05) is 26.0 Å². The lowest BCUT2D eigenvalue weighted by Crippen LogP contribution is -2.27. The van der Waals surface area contributed by atoms with E-state index in [2.05, 4.69) is 37.4 Å². The average molecular weight is 389 g/mol. The minimum absolute atomic E-state index is 0.108. The van der Waals surface area contributed by atoms with Crippen LogP contribution in [0.25, 0.3) is 0 Å². The van der Waals surface area contributed by atoms with Gasteiger partial charge in [-0.2, -0.15) is 5.10 Å². The van der Waals surface area contributed by atoms with E-state index in [0.29, 0.717) is 51.0 Å². The van der Waals surface area contributed by atoms with Crippen molar-refractivity contribution in [3.8, 4) is 0 Å². The van der Waals surface area contributed by atoms with E-state index in [9.17, 15) is 4.79 Å². The Morgan fingerprint density at radius 1 is 1.07 bits per heavy atom. The van der Waals surface area contributed by atoms with Crippen LogP contribution in [0.1, 0.15) is 54.2 Å². The van der Waals surface area contributed by atoms with E-state index >= 15 is 0 Å². The van der Waals surface area contributed by atoms with Crippen LogP contribution in [-0.4, -0.2) is 55.2 Å². The second-order valence-corrected chi connectivity index (χ2v) is 6.98. The van der Waals surface area contributed by atoms with Gasteiger partial charge >= 0.3 is 0 Å². The minimum atomic E-state index is -0.108. The zero-order chi connectivity index (χ0) is 20.4. The Morgan fingerprint density at radius 2 is 1.75 bits per heavy atom. The molecule has 7 nitrogen and oxygen atoms in total. The lowest BCUT2D eigenvalue weighted by Gasteiger charge is -2.13. The molecule has 0 spiro atoms. The van der Waals surface area contributed by atoms with Crippen LogP contribution < -0.4 is 11.1 Å². The molecule has 1 unspecified atom stereocenters. The molecule has 0 saturated heterocycles. The smallest absolute Gasteiger partial charge is 0.251 e. The van der Waals surface area contributed by atoms with Gasteiger partial charge in [0.2, 0.25) is 0 Å². The number of carbonyl (C=O) groups is 1. The standard InChI is InChI=1S/C21H32N4O3/c1-16(2)20-14-24-25(15-20)17(3)18-4-6-19(7-5-18)21(26)23-9-11-28-13-12-27-10-8-22/h4-7,14-17H,8-13,22H2,1-3H3,(H,23,26). The SMILES string of the molecule is CC(C)c1cnn(C(C)c2ccc(C(=O)NCCOCCOCCN)cc2)c1. The predicted octanol–water partition coefficient (Wildman–Crippen LogP) is 2.34. The molecular weight excluding hydrogens is 356 g/mol. The molecule has 0 bridgehead atoms. The van der Waals surface area contributed by atoms with E-state index in [4.69, 9.17) is 15.2 Å². The first-order valence-electron chi connectivity index (χ1n) is 9.80. The van der Waals surface area contributed by atoms with E-state index in [1.54, 1.807) is 0 Å². The van der Waals surface area contributed by atoms with Crippen LogP contribution in [0.4, 0.5) is 0 Å². The molecule has 1 heterocycles. The summed E-state index contributed by atoms with van der Waals surface area (Å²) in [5, 5.41) is 7.32. The van der Waals surface area contributed by atoms with Crippen LogP contribution in [-0.2, 0) is 9.47 Å². The van der Waals surface area contributed by atoms with Gasteiger partial charge < -0.3 is 20.5 Å². The summed E-state index contributed by atoms with van der Waals surface area (Å²) in [6.07, 6.45) is 3.99. The molecule has 1 aromatic carbocycles. The quantitative estimate of drug-likeness (QED) is 0.545. The zero-order valence-corrected chi connectivity index (χ0v) is 17.1. The molecule has 1 amide bonds. The van der Waals surface area contributed by atoms with Crippen molar-refractivity contribution >= 4 is 5.91 Å². The van der Waals surface area contributed by atoms with Gasteiger partial charge in [-0.3, -0.25) is 9.48 Å². The molecule has 1 aromatic heterocycles. The third-order valence-corrected chi connectivity index (χ3v) is 4.51. The number of nitrogens with two attached hydrogens (primary N) is 1. The van der Waals surface area contributed by atoms with Gasteiger partial charge in [0.1, 0.15) is 0 Å². The van der Waals surface area contributed by atoms with Crippen molar-refractivity contribution in [3.05, 3.63) is 53.3 Å². The van der Waals surface area contributed by atoms with Crippen LogP contribution in [0.2, 0.25) is 0 Å². The molecule has 7 heteroatoms. The Kier molecular flexibility index (Phi) is 9.13. The summed E-state index contributed by atoms with van der Waals surface area (Å²) in [5.41, 5.74) is 8.28. The highest BCUT2D eigenvalue weighted by Crippen LogP contribution is 2.20. The fourth-order valence-electron chi connectivity index (χ4n) is 2.67.